The maximum absolute atomic E-state index is 13.2. The third-order valence-electron chi connectivity index (χ3n) is 6.59. The Morgan fingerprint density at radius 3 is 2.19 bits per heavy atom. The van der Waals surface area contributed by atoms with E-state index in [-0.39, 0.29) is 44.2 Å². The number of fused-ring (bicyclic) bond motifs is 1. The summed E-state index contributed by atoms with van der Waals surface area (Å²) in [5.41, 5.74) is 17.7. The second-order valence-corrected chi connectivity index (χ2v) is 10.7. The molecule has 1 heterocycles. The van der Waals surface area contributed by atoms with Gasteiger partial charge in [0, 0.05) is 30.1 Å². The summed E-state index contributed by atoms with van der Waals surface area (Å²) in [6, 6.07) is 3.08. The minimum absolute atomic E-state index is 0.0295. The lowest BCUT2D eigenvalue weighted by molar-refractivity contribution is -0.142. The van der Waals surface area contributed by atoms with Crippen LogP contribution in [0.25, 0.3) is 10.9 Å². The van der Waals surface area contributed by atoms with Crippen LogP contribution < -0.4 is 38.5 Å². The molecule has 0 bridgehead atoms. The van der Waals surface area contributed by atoms with Crippen LogP contribution in [-0.2, 0) is 30.4 Å². The van der Waals surface area contributed by atoms with Gasteiger partial charge < -0.3 is 48.6 Å². The first-order chi connectivity index (χ1) is 20.3. The molecule has 1 aromatic carbocycles. The number of nitrogens with two attached hydrogens (primary N) is 3. The lowest BCUT2D eigenvalue weighted by Gasteiger charge is -2.25. The van der Waals surface area contributed by atoms with Crippen molar-refractivity contribution in [1.29, 1.82) is 0 Å². The van der Waals surface area contributed by atoms with Crippen molar-refractivity contribution >= 4 is 46.5 Å². The first-order valence-corrected chi connectivity index (χ1v) is 14.1. The van der Waals surface area contributed by atoms with Gasteiger partial charge in [-0.05, 0) is 43.7 Å². The number of para-hydroxylation sites is 1. The van der Waals surface area contributed by atoms with Crippen molar-refractivity contribution in [3.05, 3.63) is 36.0 Å². The molecule has 0 radical (unpaired) electrons. The van der Waals surface area contributed by atoms with Crippen molar-refractivity contribution in [2.24, 2.45) is 28.1 Å². The molecule has 4 atom stereocenters. The maximum atomic E-state index is 13.2. The van der Waals surface area contributed by atoms with E-state index in [0.29, 0.717) is 6.42 Å². The Kier molecular flexibility index (Phi) is 13.4. The number of aliphatic carboxylic acids is 1. The van der Waals surface area contributed by atoms with Crippen molar-refractivity contribution in [2.75, 3.05) is 13.1 Å². The number of nitrogens with one attached hydrogen (secondary N) is 5. The average Bonchev–Trinajstić information content (AvgIpc) is 3.35. The van der Waals surface area contributed by atoms with Crippen LogP contribution in [-0.4, -0.2) is 82.9 Å². The van der Waals surface area contributed by atoms with E-state index in [1.54, 1.807) is 6.20 Å². The molecule has 4 amide bonds. The van der Waals surface area contributed by atoms with Gasteiger partial charge in [0.15, 0.2) is 5.96 Å². The summed E-state index contributed by atoms with van der Waals surface area (Å²) in [5, 5.41) is 20.7. The largest absolute Gasteiger partial charge is 0.480 e. The number of carbonyl (C=O) groups excluding carboxylic acids is 4. The van der Waals surface area contributed by atoms with Gasteiger partial charge in [-0.1, -0.05) is 32.0 Å². The van der Waals surface area contributed by atoms with Crippen LogP contribution in [0.3, 0.4) is 0 Å². The Labute approximate surface area is 249 Å². The van der Waals surface area contributed by atoms with Gasteiger partial charge in [-0.25, -0.2) is 4.79 Å². The Bertz CT molecular complexity index is 1300. The molecular weight excluding hydrogens is 558 g/mol. The molecule has 0 fully saturated rings. The first-order valence-electron chi connectivity index (χ1n) is 14.1. The Hall–Kier alpha value is -4.66. The van der Waals surface area contributed by atoms with Crippen molar-refractivity contribution in [1.82, 2.24) is 26.3 Å². The number of aliphatic imine (C=N–C) groups is 1. The van der Waals surface area contributed by atoms with Gasteiger partial charge in [0.05, 0.1) is 6.54 Å². The molecule has 0 unspecified atom stereocenters. The summed E-state index contributed by atoms with van der Waals surface area (Å²) >= 11 is 0. The molecule has 15 heteroatoms. The highest BCUT2D eigenvalue weighted by Crippen LogP contribution is 2.19. The summed E-state index contributed by atoms with van der Waals surface area (Å²) < 4.78 is 0. The van der Waals surface area contributed by atoms with Gasteiger partial charge in [0.2, 0.25) is 23.6 Å². The van der Waals surface area contributed by atoms with Gasteiger partial charge in [0.1, 0.15) is 24.2 Å². The number of carboxylic acids is 1. The molecule has 12 N–H and O–H groups in total. The minimum Gasteiger partial charge on any atom is -0.480 e. The molecule has 2 rings (SSSR count). The zero-order valence-corrected chi connectivity index (χ0v) is 24.7. The summed E-state index contributed by atoms with van der Waals surface area (Å²) in [6.45, 7) is 4.99. The van der Waals surface area contributed by atoms with Crippen molar-refractivity contribution in [3.8, 4) is 0 Å². The van der Waals surface area contributed by atoms with Gasteiger partial charge >= 0.3 is 5.97 Å². The fourth-order valence-electron chi connectivity index (χ4n) is 4.40. The van der Waals surface area contributed by atoms with E-state index in [9.17, 15) is 29.1 Å². The molecule has 0 aliphatic rings. The normalized spacial score (nSPS) is 13.8. The summed E-state index contributed by atoms with van der Waals surface area (Å²) in [6.07, 6.45) is 2.47. The highest BCUT2D eigenvalue weighted by atomic mass is 16.4. The lowest BCUT2D eigenvalue weighted by Crippen LogP contribution is -2.57. The monoisotopic (exact) mass is 601 g/mol. The third-order valence-corrected chi connectivity index (χ3v) is 6.59. The minimum atomic E-state index is -1.24. The van der Waals surface area contributed by atoms with E-state index >= 15 is 0 Å². The Morgan fingerprint density at radius 1 is 0.907 bits per heavy atom. The van der Waals surface area contributed by atoms with Crippen LogP contribution in [0.4, 0.5) is 0 Å². The molecule has 1 aromatic heterocycles. The smallest absolute Gasteiger partial charge is 0.326 e. The zero-order chi connectivity index (χ0) is 32.1. The van der Waals surface area contributed by atoms with Crippen molar-refractivity contribution < 1.29 is 29.1 Å². The number of hydrogen-bond donors (Lipinski definition) is 9. The van der Waals surface area contributed by atoms with Gasteiger partial charge in [-0.15, -0.1) is 0 Å². The Balaban J connectivity index is 2.09. The van der Waals surface area contributed by atoms with E-state index < -0.39 is 53.8 Å². The predicted octanol–water partition coefficient (Wildman–Crippen LogP) is -1.19. The van der Waals surface area contributed by atoms with E-state index in [0.717, 1.165) is 16.5 Å². The topological polar surface area (TPSA) is 260 Å². The van der Waals surface area contributed by atoms with Crippen LogP contribution in [0.2, 0.25) is 0 Å². The van der Waals surface area contributed by atoms with Gasteiger partial charge in [-0.2, -0.15) is 0 Å². The summed E-state index contributed by atoms with van der Waals surface area (Å²) in [5.74, 6) is -3.90. The van der Waals surface area contributed by atoms with Crippen LogP contribution in [0, 0.1) is 5.92 Å². The highest BCUT2D eigenvalue weighted by Gasteiger charge is 2.30. The number of H-pyrrole nitrogens is 1. The number of carbonyl (C=O) groups is 5. The molecule has 0 aliphatic heterocycles. The number of rotatable bonds is 17. The van der Waals surface area contributed by atoms with E-state index in [4.69, 9.17) is 17.2 Å². The SMILES string of the molecule is CC(C)C[C@H](NC(=O)[C@H](C)NC(=O)[C@H](Cc1c[nH]c2ccccc12)NC(=O)CN)C(=O)N[C@@H](CCCN=C(N)N)C(=O)O. The molecular formula is C28H43N9O6. The van der Waals surface area contributed by atoms with E-state index in [1.165, 1.54) is 6.92 Å². The molecule has 0 saturated heterocycles. The standard InChI is InChI=1S/C28H43N9O6/c1-15(2)11-21(26(41)36-20(27(42)43)9-6-10-32-28(30)31)37-24(39)16(3)34-25(40)22(35-23(38)13-29)12-17-14-33-19-8-5-4-7-18(17)19/h4-5,7-8,14-16,20-22,33H,6,9-13,29H2,1-3H3,(H,34,40)(H,35,38)(H,36,41)(H,37,39)(H,42,43)(H4,30,31,32)/t16-,20-,21-,22-/m0/s1. The molecule has 0 spiro atoms. The number of benzene rings is 1. The third kappa shape index (κ3) is 11.3. The second kappa shape index (κ2) is 16.7. The van der Waals surface area contributed by atoms with Crippen LogP contribution in [0.1, 0.15) is 45.6 Å². The maximum Gasteiger partial charge on any atom is 0.326 e. The first kappa shape index (κ1) is 34.5. The van der Waals surface area contributed by atoms with Crippen LogP contribution in [0.15, 0.2) is 35.5 Å². The second-order valence-electron chi connectivity index (χ2n) is 10.7. The predicted molar refractivity (Wildman–Crippen MR) is 161 cm³/mol. The molecule has 0 saturated carbocycles. The molecule has 15 nitrogen and oxygen atoms in total. The van der Waals surface area contributed by atoms with Crippen molar-refractivity contribution in [2.45, 2.75) is 70.6 Å². The summed E-state index contributed by atoms with van der Waals surface area (Å²) in [7, 11) is 0. The number of hydrogen-bond acceptors (Lipinski definition) is 7. The zero-order valence-electron chi connectivity index (χ0n) is 24.7. The fraction of sp³-hybridized carbons (Fsp3) is 0.500. The average molecular weight is 602 g/mol. The van der Waals surface area contributed by atoms with E-state index in [1.807, 2.05) is 38.1 Å². The number of nitrogens with zero attached hydrogens (tertiary/aromatic N) is 1. The van der Waals surface area contributed by atoms with Crippen molar-refractivity contribution in [3.63, 3.8) is 0 Å². The van der Waals surface area contributed by atoms with Crippen LogP contribution >= 0.6 is 0 Å². The molecule has 43 heavy (non-hydrogen) atoms. The molecule has 0 aliphatic carbocycles. The molecule has 236 valence electrons. The van der Waals surface area contributed by atoms with Gasteiger partial charge in [-0.3, -0.25) is 24.2 Å². The lowest BCUT2D eigenvalue weighted by atomic mass is 10.0. The van der Waals surface area contributed by atoms with Gasteiger partial charge in [0.25, 0.3) is 0 Å². The quantitative estimate of drug-likeness (QED) is 0.0599. The summed E-state index contributed by atoms with van der Waals surface area (Å²) in [4.78, 5) is 70.1. The molecule has 2 aromatic rings. The number of aromatic amines is 1. The number of amides is 4. The fourth-order valence-corrected chi connectivity index (χ4v) is 4.40. The Morgan fingerprint density at radius 2 is 1.56 bits per heavy atom. The van der Waals surface area contributed by atoms with Crippen LogP contribution in [0.5, 0.6) is 0 Å². The number of carboxylic acid groups (broad SMARTS) is 1. The number of aromatic nitrogens is 1. The number of guanidine groups is 1. The highest BCUT2D eigenvalue weighted by molar-refractivity contribution is 5.95. The van der Waals surface area contributed by atoms with E-state index in [2.05, 4.69) is 31.2 Å².